The summed E-state index contributed by atoms with van der Waals surface area (Å²) in [6, 6.07) is 1.08. The maximum Gasteiger partial charge on any atom is 0.123 e. The summed E-state index contributed by atoms with van der Waals surface area (Å²) < 4.78 is 0. The van der Waals surface area contributed by atoms with Crippen LogP contribution in [0.25, 0.3) is 0 Å². The molecule has 1 aliphatic rings. The zero-order valence-corrected chi connectivity index (χ0v) is 10.9. The zero-order chi connectivity index (χ0) is 11.9. The van der Waals surface area contributed by atoms with Crippen LogP contribution < -0.4 is 5.32 Å². The van der Waals surface area contributed by atoms with E-state index in [0.717, 1.165) is 12.2 Å². The van der Waals surface area contributed by atoms with Crippen LogP contribution in [0.2, 0.25) is 0 Å². The minimum Gasteiger partial charge on any atom is -0.347 e. The van der Waals surface area contributed by atoms with Gasteiger partial charge in [-0.2, -0.15) is 0 Å². The normalized spacial score (nSPS) is 20.8. The summed E-state index contributed by atoms with van der Waals surface area (Å²) in [6.07, 6.45) is 14.5. The van der Waals surface area contributed by atoms with Gasteiger partial charge in [-0.25, -0.2) is 4.98 Å². The Balaban J connectivity index is 1.88. The third-order valence-corrected chi connectivity index (χ3v) is 3.80. The van der Waals surface area contributed by atoms with Gasteiger partial charge in [-0.05, 0) is 19.3 Å². The third-order valence-electron chi connectivity index (χ3n) is 3.80. The van der Waals surface area contributed by atoms with Crippen molar-refractivity contribution in [3.05, 3.63) is 18.2 Å². The van der Waals surface area contributed by atoms with E-state index in [1.54, 1.807) is 0 Å². The summed E-state index contributed by atoms with van der Waals surface area (Å²) in [7, 11) is 0. The van der Waals surface area contributed by atoms with E-state index in [1.807, 2.05) is 12.4 Å². The molecule has 0 aromatic carbocycles. The van der Waals surface area contributed by atoms with Gasteiger partial charge in [-0.1, -0.05) is 39.0 Å². The molecule has 0 aliphatic heterocycles. The molecule has 96 valence electrons. The van der Waals surface area contributed by atoms with Crippen molar-refractivity contribution in [1.82, 2.24) is 15.3 Å². The molecule has 2 rings (SSSR count). The molecule has 0 saturated heterocycles. The minimum atomic E-state index is 0.398. The smallest absolute Gasteiger partial charge is 0.123 e. The molecule has 1 fully saturated rings. The van der Waals surface area contributed by atoms with Crippen LogP contribution in [-0.2, 0) is 0 Å². The summed E-state index contributed by atoms with van der Waals surface area (Å²) in [5.74, 6) is 1.09. The van der Waals surface area contributed by atoms with Gasteiger partial charge in [0.1, 0.15) is 5.82 Å². The number of aromatic amines is 1. The molecule has 1 aromatic rings. The minimum absolute atomic E-state index is 0.398. The van der Waals surface area contributed by atoms with Gasteiger partial charge in [-0.3, -0.25) is 0 Å². The van der Waals surface area contributed by atoms with Crippen molar-refractivity contribution in [3.8, 4) is 0 Å². The Bertz CT molecular complexity index is 286. The van der Waals surface area contributed by atoms with E-state index < -0.39 is 0 Å². The van der Waals surface area contributed by atoms with Crippen molar-refractivity contribution >= 4 is 0 Å². The number of nitrogens with one attached hydrogen (secondary N) is 2. The van der Waals surface area contributed by atoms with Crippen molar-refractivity contribution in [2.45, 2.75) is 70.4 Å². The highest BCUT2D eigenvalue weighted by atomic mass is 15.0. The van der Waals surface area contributed by atoms with Crippen molar-refractivity contribution in [1.29, 1.82) is 0 Å². The standard InChI is InChI=1S/C14H25N3/c1-2-13(14-15-10-11-16-14)17-12-8-6-4-3-5-7-9-12/h10-13,17H,2-9H2,1H3,(H,15,16). The van der Waals surface area contributed by atoms with Gasteiger partial charge in [0.25, 0.3) is 0 Å². The Morgan fingerprint density at radius 2 is 2.00 bits per heavy atom. The first-order valence-electron chi connectivity index (χ1n) is 7.15. The molecule has 17 heavy (non-hydrogen) atoms. The number of nitrogens with zero attached hydrogens (tertiary/aromatic N) is 1. The molecule has 3 heteroatoms. The van der Waals surface area contributed by atoms with Crippen LogP contribution in [0.5, 0.6) is 0 Å². The Morgan fingerprint density at radius 3 is 2.59 bits per heavy atom. The van der Waals surface area contributed by atoms with E-state index >= 15 is 0 Å². The fourth-order valence-corrected chi connectivity index (χ4v) is 2.77. The molecule has 0 spiro atoms. The average Bonchev–Trinajstić information content (AvgIpc) is 2.81. The molecule has 1 saturated carbocycles. The highest BCUT2D eigenvalue weighted by Crippen LogP contribution is 2.21. The van der Waals surface area contributed by atoms with Gasteiger partial charge in [0.05, 0.1) is 6.04 Å². The molecular weight excluding hydrogens is 210 g/mol. The van der Waals surface area contributed by atoms with Crippen molar-refractivity contribution in [2.75, 3.05) is 0 Å². The zero-order valence-electron chi connectivity index (χ0n) is 10.9. The average molecular weight is 235 g/mol. The predicted octanol–water partition coefficient (Wildman–Crippen LogP) is 3.56. The van der Waals surface area contributed by atoms with E-state index in [9.17, 15) is 0 Å². The van der Waals surface area contributed by atoms with E-state index in [-0.39, 0.29) is 0 Å². The first-order valence-corrected chi connectivity index (χ1v) is 7.15. The molecule has 0 bridgehead atoms. The number of H-pyrrole nitrogens is 1. The predicted molar refractivity (Wildman–Crippen MR) is 70.9 cm³/mol. The van der Waals surface area contributed by atoms with Crippen LogP contribution in [-0.4, -0.2) is 16.0 Å². The molecule has 3 nitrogen and oxygen atoms in total. The molecule has 1 unspecified atom stereocenters. The van der Waals surface area contributed by atoms with Crippen LogP contribution >= 0.6 is 0 Å². The quantitative estimate of drug-likeness (QED) is 0.837. The van der Waals surface area contributed by atoms with Crippen LogP contribution in [0.15, 0.2) is 12.4 Å². The Hall–Kier alpha value is -0.830. The van der Waals surface area contributed by atoms with E-state index in [2.05, 4.69) is 22.2 Å². The van der Waals surface area contributed by atoms with Crippen molar-refractivity contribution in [3.63, 3.8) is 0 Å². The van der Waals surface area contributed by atoms with Gasteiger partial charge < -0.3 is 10.3 Å². The largest absolute Gasteiger partial charge is 0.347 e. The summed E-state index contributed by atoms with van der Waals surface area (Å²) in [5, 5.41) is 3.78. The second kappa shape index (κ2) is 6.80. The lowest BCUT2D eigenvalue weighted by atomic mass is 9.96. The third kappa shape index (κ3) is 3.84. The molecule has 0 amide bonds. The van der Waals surface area contributed by atoms with Crippen LogP contribution in [0, 0.1) is 0 Å². The fourth-order valence-electron chi connectivity index (χ4n) is 2.77. The number of hydrogen-bond donors (Lipinski definition) is 2. The van der Waals surface area contributed by atoms with E-state index in [4.69, 9.17) is 0 Å². The monoisotopic (exact) mass is 235 g/mol. The van der Waals surface area contributed by atoms with Gasteiger partial charge in [0, 0.05) is 18.4 Å². The number of rotatable bonds is 4. The lowest BCUT2D eigenvalue weighted by Gasteiger charge is -2.25. The SMILES string of the molecule is CCC(NC1CCCCCCC1)c1ncc[nH]1. The molecule has 0 radical (unpaired) electrons. The Morgan fingerprint density at radius 1 is 1.29 bits per heavy atom. The first kappa shape index (κ1) is 12.6. The van der Waals surface area contributed by atoms with E-state index in [1.165, 1.54) is 44.9 Å². The van der Waals surface area contributed by atoms with Gasteiger partial charge in [0.2, 0.25) is 0 Å². The van der Waals surface area contributed by atoms with Gasteiger partial charge in [-0.15, -0.1) is 0 Å². The topological polar surface area (TPSA) is 40.7 Å². The van der Waals surface area contributed by atoms with Gasteiger partial charge in [0.15, 0.2) is 0 Å². The van der Waals surface area contributed by atoms with Crippen molar-refractivity contribution in [2.24, 2.45) is 0 Å². The molecule has 1 aliphatic carbocycles. The van der Waals surface area contributed by atoms with Crippen molar-refractivity contribution < 1.29 is 0 Å². The number of aromatic nitrogens is 2. The first-order chi connectivity index (χ1) is 8.40. The maximum absolute atomic E-state index is 4.38. The molecule has 1 atom stereocenters. The summed E-state index contributed by atoms with van der Waals surface area (Å²) >= 11 is 0. The Kier molecular flexibility index (Phi) is 5.05. The highest BCUT2D eigenvalue weighted by Gasteiger charge is 2.17. The second-order valence-corrected chi connectivity index (χ2v) is 5.14. The molecule has 2 N–H and O–H groups in total. The summed E-state index contributed by atoms with van der Waals surface area (Å²) in [4.78, 5) is 7.61. The van der Waals surface area contributed by atoms with Gasteiger partial charge >= 0.3 is 0 Å². The molecule has 1 aromatic heterocycles. The fraction of sp³-hybridized carbons (Fsp3) is 0.786. The second-order valence-electron chi connectivity index (χ2n) is 5.14. The maximum atomic E-state index is 4.38. The lowest BCUT2D eigenvalue weighted by molar-refractivity contribution is 0.343. The van der Waals surface area contributed by atoms with Crippen LogP contribution in [0.4, 0.5) is 0 Å². The van der Waals surface area contributed by atoms with Crippen LogP contribution in [0.1, 0.15) is 70.2 Å². The number of hydrogen-bond acceptors (Lipinski definition) is 2. The van der Waals surface area contributed by atoms with Crippen LogP contribution in [0.3, 0.4) is 0 Å². The number of imidazole rings is 1. The van der Waals surface area contributed by atoms with E-state index in [0.29, 0.717) is 12.1 Å². The summed E-state index contributed by atoms with van der Waals surface area (Å²) in [5.41, 5.74) is 0. The molecular formula is C14H25N3. The lowest BCUT2D eigenvalue weighted by Crippen LogP contribution is -2.33. The highest BCUT2D eigenvalue weighted by molar-refractivity contribution is 4.96. The Labute approximate surface area is 104 Å². The molecule has 1 heterocycles. The summed E-state index contributed by atoms with van der Waals surface area (Å²) in [6.45, 7) is 2.23.